The lowest BCUT2D eigenvalue weighted by atomic mass is 10.1. The monoisotopic (exact) mass is 498 g/mol. The fourth-order valence-corrected chi connectivity index (χ4v) is 5.60. The van der Waals surface area contributed by atoms with Gasteiger partial charge in [-0.15, -0.1) is 11.3 Å². The Morgan fingerprint density at radius 1 is 1.16 bits per heavy atom. The van der Waals surface area contributed by atoms with Crippen LogP contribution in [0.5, 0.6) is 0 Å². The number of thiophene rings is 1. The van der Waals surface area contributed by atoms with Crippen LogP contribution in [0.15, 0.2) is 56.2 Å². The van der Waals surface area contributed by atoms with Gasteiger partial charge < -0.3 is 19.5 Å². The van der Waals surface area contributed by atoms with E-state index in [9.17, 15) is 9.59 Å². The van der Waals surface area contributed by atoms with E-state index in [1.54, 1.807) is 18.6 Å². The Morgan fingerprint density at radius 3 is 2.90 bits per heavy atom. The van der Waals surface area contributed by atoms with Crippen molar-refractivity contribution in [2.45, 2.75) is 32.2 Å². The second-order valence-corrected chi connectivity index (χ2v) is 9.47. The molecule has 0 aliphatic heterocycles. The molecule has 6 nitrogen and oxygen atoms in total. The molecule has 1 aliphatic rings. The number of amides is 2. The molecule has 0 bridgehead atoms. The Hall–Kier alpha value is -2.84. The van der Waals surface area contributed by atoms with Crippen LogP contribution in [-0.4, -0.2) is 11.8 Å². The predicted molar refractivity (Wildman–Crippen MR) is 122 cm³/mol. The number of nitrogens with one attached hydrogen (secondary N) is 2. The number of hydrogen-bond acceptors (Lipinski definition) is 5. The molecule has 0 unspecified atom stereocenters. The van der Waals surface area contributed by atoms with Crippen LogP contribution in [0.3, 0.4) is 0 Å². The summed E-state index contributed by atoms with van der Waals surface area (Å²) in [5.41, 5.74) is 3.17. The van der Waals surface area contributed by atoms with Gasteiger partial charge in [0, 0.05) is 20.3 Å². The van der Waals surface area contributed by atoms with E-state index in [0.29, 0.717) is 22.9 Å². The van der Waals surface area contributed by atoms with Crippen molar-refractivity contribution in [1.82, 2.24) is 5.32 Å². The molecule has 2 amide bonds. The zero-order valence-electron chi connectivity index (χ0n) is 16.5. The Bertz CT molecular complexity index is 1270. The summed E-state index contributed by atoms with van der Waals surface area (Å²) in [6, 6.07) is 9.30. The zero-order valence-corrected chi connectivity index (χ0v) is 18.9. The van der Waals surface area contributed by atoms with Gasteiger partial charge in [0.05, 0.1) is 31.1 Å². The van der Waals surface area contributed by atoms with Crippen LogP contribution in [0.1, 0.15) is 38.5 Å². The zero-order chi connectivity index (χ0) is 21.4. The quantitative estimate of drug-likeness (QED) is 0.370. The van der Waals surface area contributed by atoms with Crippen molar-refractivity contribution in [3.8, 4) is 0 Å². The molecular weight excluding hydrogens is 480 g/mol. The fourth-order valence-electron chi connectivity index (χ4n) is 3.94. The molecule has 0 saturated heterocycles. The minimum atomic E-state index is -0.191. The van der Waals surface area contributed by atoms with Gasteiger partial charge in [0.1, 0.15) is 16.3 Å². The highest BCUT2D eigenvalue weighted by Gasteiger charge is 2.27. The number of anilines is 1. The number of carbonyl (C=O) groups excluding carboxylic acids is 2. The van der Waals surface area contributed by atoms with Crippen LogP contribution >= 0.6 is 27.3 Å². The van der Waals surface area contributed by atoms with E-state index in [0.717, 1.165) is 45.8 Å². The van der Waals surface area contributed by atoms with Crippen LogP contribution < -0.4 is 10.6 Å². The maximum atomic E-state index is 13.0. The molecule has 1 aliphatic carbocycles. The van der Waals surface area contributed by atoms with Gasteiger partial charge in [-0.3, -0.25) is 9.59 Å². The third kappa shape index (κ3) is 4.05. The number of benzene rings is 1. The molecule has 0 atom stereocenters. The Morgan fingerprint density at radius 2 is 2.06 bits per heavy atom. The summed E-state index contributed by atoms with van der Waals surface area (Å²) < 4.78 is 11.8. The van der Waals surface area contributed by atoms with Gasteiger partial charge >= 0.3 is 0 Å². The molecule has 3 aromatic heterocycles. The van der Waals surface area contributed by atoms with E-state index in [1.165, 1.54) is 16.2 Å². The molecule has 0 saturated carbocycles. The lowest BCUT2D eigenvalue weighted by Gasteiger charge is -2.09. The van der Waals surface area contributed by atoms with E-state index < -0.39 is 0 Å². The van der Waals surface area contributed by atoms with Gasteiger partial charge in [0.2, 0.25) is 5.91 Å². The first kappa shape index (κ1) is 20.1. The average molecular weight is 499 g/mol. The number of carbonyl (C=O) groups is 2. The van der Waals surface area contributed by atoms with E-state index in [-0.39, 0.29) is 18.2 Å². The highest BCUT2D eigenvalue weighted by molar-refractivity contribution is 9.10. The largest absolute Gasteiger partial charge is 0.467 e. The minimum absolute atomic E-state index is 0.166. The molecule has 3 heterocycles. The van der Waals surface area contributed by atoms with Crippen LogP contribution in [0.25, 0.3) is 11.0 Å². The van der Waals surface area contributed by atoms with Crippen molar-refractivity contribution in [2.75, 3.05) is 5.32 Å². The van der Waals surface area contributed by atoms with Crippen molar-refractivity contribution in [3.63, 3.8) is 0 Å². The van der Waals surface area contributed by atoms with Crippen molar-refractivity contribution in [1.29, 1.82) is 0 Å². The van der Waals surface area contributed by atoms with Crippen LogP contribution in [0.2, 0.25) is 0 Å². The summed E-state index contributed by atoms with van der Waals surface area (Å²) in [6.07, 6.45) is 6.18. The Kier molecular flexibility index (Phi) is 5.41. The van der Waals surface area contributed by atoms with Gasteiger partial charge in [-0.05, 0) is 55.2 Å². The van der Waals surface area contributed by atoms with Crippen LogP contribution in [-0.2, 0) is 30.6 Å². The number of halogens is 1. The van der Waals surface area contributed by atoms with Gasteiger partial charge in [0.25, 0.3) is 5.91 Å². The highest BCUT2D eigenvalue weighted by Crippen LogP contribution is 2.39. The highest BCUT2D eigenvalue weighted by atomic mass is 79.9. The van der Waals surface area contributed by atoms with E-state index in [4.69, 9.17) is 8.83 Å². The maximum Gasteiger partial charge on any atom is 0.254 e. The molecule has 2 N–H and O–H groups in total. The van der Waals surface area contributed by atoms with Crippen molar-refractivity contribution in [3.05, 3.63) is 74.7 Å². The molecule has 158 valence electrons. The number of fused-ring (bicyclic) bond motifs is 2. The van der Waals surface area contributed by atoms with Gasteiger partial charge in [-0.2, -0.15) is 0 Å². The Labute approximate surface area is 190 Å². The van der Waals surface area contributed by atoms with Crippen molar-refractivity contribution < 1.29 is 18.4 Å². The summed E-state index contributed by atoms with van der Waals surface area (Å²) in [5, 5.41) is 7.39. The smallest absolute Gasteiger partial charge is 0.254 e. The molecule has 0 fully saturated rings. The van der Waals surface area contributed by atoms with E-state index >= 15 is 0 Å². The first-order chi connectivity index (χ1) is 15.1. The third-order valence-electron chi connectivity index (χ3n) is 5.37. The summed E-state index contributed by atoms with van der Waals surface area (Å²) in [5.74, 6) is 0.315. The standard InChI is InChI=1S/C23H19BrN2O4S/c24-14-6-7-18-17(10-14)13(12-30-18)9-20(27)26-23-21(16-4-1-5-19(16)31-23)22(28)25-11-15-3-2-8-29-15/h2-3,6-8,10,12H,1,4-5,9,11H2,(H,25,28)(H,26,27). The van der Waals surface area contributed by atoms with E-state index in [1.807, 2.05) is 24.3 Å². The first-order valence-electron chi connectivity index (χ1n) is 9.99. The SMILES string of the molecule is O=C(Cc1coc2ccc(Br)cc12)Nc1sc2c(c1C(=O)NCc1ccco1)CCC2. The lowest BCUT2D eigenvalue weighted by Crippen LogP contribution is -2.25. The van der Waals surface area contributed by atoms with Gasteiger partial charge in [-0.1, -0.05) is 15.9 Å². The molecule has 1 aromatic carbocycles. The fraction of sp³-hybridized carbons (Fsp3) is 0.217. The molecular formula is C23H19BrN2O4S. The van der Waals surface area contributed by atoms with Crippen LogP contribution in [0.4, 0.5) is 5.00 Å². The topological polar surface area (TPSA) is 84.5 Å². The van der Waals surface area contributed by atoms with E-state index in [2.05, 4.69) is 26.6 Å². The molecule has 31 heavy (non-hydrogen) atoms. The number of hydrogen-bond donors (Lipinski definition) is 2. The molecule has 0 spiro atoms. The van der Waals surface area contributed by atoms with Gasteiger partial charge in [-0.25, -0.2) is 0 Å². The summed E-state index contributed by atoms with van der Waals surface area (Å²) >= 11 is 4.96. The second kappa shape index (κ2) is 8.36. The second-order valence-electron chi connectivity index (χ2n) is 7.45. The summed E-state index contributed by atoms with van der Waals surface area (Å²) in [6.45, 7) is 0.305. The van der Waals surface area contributed by atoms with Crippen molar-refractivity contribution in [2.24, 2.45) is 0 Å². The third-order valence-corrected chi connectivity index (χ3v) is 7.07. The number of furan rings is 2. The predicted octanol–water partition coefficient (Wildman–Crippen LogP) is 5.45. The lowest BCUT2D eigenvalue weighted by molar-refractivity contribution is -0.115. The normalized spacial score (nSPS) is 12.8. The summed E-state index contributed by atoms with van der Waals surface area (Å²) in [4.78, 5) is 27.0. The molecule has 0 radical (unpaired) electrons. The van der Waals surface area contributed by atoms with Crippen molar-refractivity contribution >= 4 is 55.1 Å². The average Bonchev–Trinajstić information content (AvgIpc) is 3.51. The Balaban J connectivity index is 1.35. The maximum absolute atomic E-state index is 13.0. The van der Waals surface area contributed by atoms with Crippen LogP contribution in [0, 0.1) is 0 Å². The number of aryl methyl sites for hydroxylation is 1. The summed E-state index contributed by atoms with van der Waals surface area (Å²) in [7, 11) is 0. The van der Waals surface area contributed by atoms with Gasteiger partial charge in [0.15, 0.2) is 0 Å². The molecule has 4 aromatic rings. The first-order valence-corrected chi connectivity index (χ1v) is 11.6. The number of rotatable bonds is 6. The minimum Gasteiger partial charge on any atom is -0.467 e. The molecule has 5 rings (SSSR count). The molecule has 8 heteroatoms.